The molecule has 1 aromatic carbocycles. The van der Waals surface area contributed by atoms with E-state index in [0.29, 0.717) is 15.7 Å². The first kappa shape index (κ1) is 19.4. The van der Waals surface area contributed by atoms with Crippen LogP contribution in [0.5, 0.6) is 0 Å². The maximum atomic E-state index is 12.6. The summed E-state index contributed by atoms with van der Waals surface area (Å²) >= 11 is 15.4. The molecule has 0 bridgehead atoms. The van der Waals surface area contributed by atoms with Gasteiger partial charge in [0.25, 0.3) is 0 Å². The number of amides is 1. The zero-order chi connectivity index (χ0) is 18.7. The normalized spacial score (nSPS) is 16.4. The third-order valence-corrected chi connectivity index (χ3v) is 5.48. The Balaban J connectivity index is 1.56. The van der Waals surface area contributed by atoms with E-state index in [-0.39, 0.29) is 11.9 Å². The number of halogens is 3. The predicted molar refractivity (Wildman–Crippen MR) is 110 cm³/mol. The first-order chi connectivity index (χ1) is 12.4. The van der Waals surface area contributed by atoms with Crippen LogP contribution in [0.15, 0.2) is 41.0 Å². The number of pyridine rings is 1. The van der Waals surface area contributed by atoms with Crippen molar-refractivity contribution < 1.29 is 4.79 Å². The highest BCUT2D eigenvalue weighted by Gasteiger charge is 2.26. The van der Waals surface area contributed by atoms with Crippen molar-refractivity contribution in [2.24, 2.45) is 0 Å². The van der Waals surface area contributed by atoms with E-state index in [1.54, 1.807) is 24.4 Å². The van der Waals surface area contributed by atoms with E-state index in [2.05, 4.69) is 36.0 Å². The summed E-state index contributed by atoms with van der Waals surface area (Å²) in [6.07, 6.45) is 1.80. The fourth-order valence-electron chi connectivity index (χ4n) is 2.89. The summed E-state index contributed by atoms with van der Waals surface area (Å²) in [5.74, 6) is 0.877. The van der Waals surface area contributed by atoms with Crippen molar-refractivity contribution in [3.8, 4) is 0 Å². The van der Waals surface area contributed by atoms with Gasteiger partial charge in [-0.2, -0.15) is 0 Å². The molecule has 5 nitrogen and oxygen atoms in total. The molecule has 1 unspecified atom stereocenters. The van der Waals surface area contributed by atoms with Gasteiger partial charge in [0.1, 0.15) is 5.82 Å². The Kier molecular flexibility index (Phi) is 6.40. The molecular formula is C18H19BrCl2N4O. The van der Waals surface area contributed by atoms with Crippen LogP contribution in [0.4, 0.5) is 11.5 Å². The van der Waals surface area contributed by atoms with Crippen molar-refractivity contribution in [3.05, 3.63) is 51.0 Å². The fraction of sp³-hybridized carbons (Fsp3) is 0.333. The molecule has 3 rings (SSSR count). The second-order valence-electron chi connectivity index (χ2n) is 6.15. The van der Waals surface area contributed by atoms with Gasteiger partial charge in [-0.25, -0.2) is 4.98 Å². The molecule has 1 N–H and O–H groups in total. The van der Waals surface area contributed by atoms with E-state index >= 15 is 0 Å². The molecule has 1 aromatic heterocycles. The van der Waals surface area contributed by atoms with Crippen molar-refractivity contribution >= 4 is 56.5 Å². The van der Waals surface area contributed by atoms with E-state index in [4.69, 9.17) is 23.2 Å². The Bertz CT molecular complexity index is 779. The molecule has 1 fully saturated rings. The van der Waals surface area contributed by atoms with Gasteiger partial charge in [-0.15, -0.1) is 0 Å². The van der Waals surface area contributed by atoms with Crippen LogP contribution in [0, 0.1) is 0 Å². The number of nitrogens with one attached hydrogen (secondary N) is 1. The zero-order valence-electron chi connectivity index (χ0n) is 14.3. The van der Waals surface area contributed by atoms with Crippen molar-refractivity contribution in [1.29, 1.82) is 0 Å². The van der Waals surface area contributed by atoms with Crippen LogP contribution < -0.4 is 10.2 Å². The summed E-state index contributed by atoms with van der Waals surface area (Å²) in [6.45, 7) is 5.15. The van der Waals surface area contributed by atoms with Crippen molar-refractivity contribution in [3.63, 3.8) is 0 Å². The van der Waals surface area contributed by atoms with Crippen LogP contribution in [-0.4, -0.2) is 48.0 Å². The lowest BCUT2D eigenvalue weighted by atomic mass is 10.2. The molecular weight excluding hydrogens is 439 g/mol. The van der Waals surface area contributed by atoms with Crippen LogP contribution in [0.2, 0.25) is 10.0 Å². The summed E-state index contributed by atoms with van der Waals surface area (Å²) in [5.41, 5.74) is 0.575. The molecule has 0 aliphatic carbocycles. The molecule has 1 aliphatic rings. The summed E-state index contributed by atoms with van der Waals surface area (Å²) in [4.78, 5) is 21.4. The first-order valence-corrected chi connectivity index (χ1v) is 9.85. The van der Waals surface area contributed by atoms with Gasteiger partial charge in [0, 0.05) is 41.9 Å². The molecule has 26 heavy (non-hydrogen) atoms. The van der Waals surface area contributed by atoms with Gasteiger partial charge in [-0.3, -0.25) is 9.69 Å². The highest BCUT2D eigenvalue weighted by molar-refractivity contribution is 9.10. The molecule has 0 saturated carbocycles. The van der Waals surface area contributed by atoms with E-state index in [1.807, 2.05) is 19.1 Å². The maximum absolute atomic E-state index is 12.6. The summed E-state index contributed by atoms with van der Waals surface area (Å²) in [6, 6.07) is 8.78. The average molecular weight is 458 g/mol. The Morgan fingerprint density at radius 1 is 1.19 bits per heavy atom. The quantitative estimate of drug-likeness (QED) is 0.743. The second kappa shape index (κ2) is 8.57. The van der Waals surface area contributed by atoms with E-state index in [9.17, 15) is 4.79 Å². The van der Waals surface area contributed by atoms with Crippen molar-refractivity contribution in [2.75, 3.05) is 36.4 Å². The van der Waals surface area contributed by atoms with E-state index in [1.165, 1.54) is 0 Å². The minimum Gasteiger partial charge on any atom is -0.354 e. The number of benzene rings is 1. The number of rotatable bonds is 4. The molecule has 1 atom stereocenters. The molecule has 1 aliphatic heterocycles. The number of carbonyl (C=O) groups excluding carboxylic acids is 1. The van der Waals surface area contributed by atoms with Crippen LogP contribution in [0.3, 0.4) is 0 Å². The average Bonchev–Trinajstić information content (AvgIpc) is 2.64. The number of hydrogen-bond donors (Lipinski definition) is 1. The first-order valence-electron chi connectivity index (χ1n) is 8.30. The monoisotopic (exact) mass is 456 g/mol. The lowest BCUT2D eigenvalue weighted by molar-refractivity contribution is -0.120. The van der Waals surface area contributed by atoms with Gasteiger partial charge >= 0.3 is 0 Å². The third kappa shape index (κ3) is 4.68. The molecule has 138 valence electrons. The molecule has 1 saturated heterocycles. The van der Waals surface area contributed by atoms with Gasteiger partial charge in [-0.05, 0) is 53.2 Å². The second-order valence-corrected chi connectivity index (χ2v) is 7.91. The highest BCUT2D eigenvalue weighted by Crippen LogP contribution is 2.26. The molecule has 0 spiro atoms. The number of anilines is 2. The smallest absolute Gasteiger partial charge is 0.241 e. The Morgan fingerprint density at radius 2 is 1.92 bits per heavy atom. The van der Waals surface area contributed by atoms with Gasteiger partial charge in [0.05, 0.1) is 16.8 Å². The lowest BCUT2D eigenvalue weighted by Crippen LogP contribution is -2.53. The summed E-state index contributed by atoms with van der Waals surface area (Å²) < 4.78 is 0.964. The number of carbonyl (C=O) groups is 1. The molecule has 8 heteroatoms. The van der Waals surface area contributed by atoms with Crippen molar-refractivity contribution in [2.45, 2.75) is 13.0 Å². The van der Waals surface area contributed by atoms with Gasteiger partial charge in [0.15, 0.2) is 0 Å². The highest BCUT2D eigenvalue weighted by atomic mass is 79.9. The van der Waals surface area contributed by atoms with Crippen LogP contribution in [0.1, 0.15) is 6.92 Å². The molecule has 2 heterocycles. The standard InChI is InChI=1S/C18H19BrCl2N4O/c1-12(18(26)23-16-4-3-14(20)10-15(16)21)24-6-8-25(9-7-24)17-5-2-13(19)11-22-17/h2-5,10-12H,6-9H2,1H3,(H,23,26). The largest absolute Gasteiger partial charge is 0.354 e. The number of piperazine rings is 1. The summed E-state index contributed by atoms with van der Waals surface area (Å²) in [5, 5.41) is 3.86. The number of nitrogens with zero attached hydrogens (tertiary/aromatic N) is 3. The lowest BCUT2D eigenvalue weighted by Gasteiger charge is -2.38. The maximum Gasteiger partial charge on any atom is 0.241 e. The van der Waals surface area contributed by atoms with Crippen LogP contribution >= 0.6 is 39.1 Å². The molecule has 2 aromatic rings. The SMILES string of the molecule is CC(C(=O)Nc1ccc(Cl)cc1Cl)N1CCN(c2ccc(Br)cn2)CC1. The summed E-state index contributed by atoms with van der Waals surface area (Å²) in [7, 11) is 0. The van der Waals surface area contributed by atoms with Crippen LogP contribution in [-0.2, 0) is 4.79 Å². The Morgan fingerprint density at radius 3 is 2.54 bits per heavy atom. The van der Waals surface area contributed by atoms with Gasteiger partial charge < -0.3 is 10.2 Å². The van der Waals surface area contributed by atoms with Crippen molar-refractivity contribution in [1.82, 2.24) is 9.88 Å². The fourth-order valence-corrected chi connectivity index (χ4v) is 3.58. The molecule has 1 amide bonds. The van der Waals surface area contributed by atoms with Gasteiger partial charge in [0.2, 0.25) is 5.91 Å². The Labute approximate surface area is 171 Å². The number of hydrogen-bond acceptors (Lipinski definition) is 4. The molecule has 0 radical (unpaired) electrons. The predicted octanol–water partition coefficient (Wildman–Crippen LogP) is 4.30. The topological polar surface area (TPSA) is 48.5 Å². The minimum atomic E-state index is -0.248. The Hall–Kier alpha value is -1.34. The van der Waals surface area contributed by atoms with E-state index < -0.39 is 0 Å². The third-order valence-electron chi connectivity index (χ3n) is 4.47. The number of aromatic nitrogens is 1. The van der Waals surface area contributed by atoms with Crippen LogP contribution in [0.25, 0.3) is 0 Å². The zero-order valence-corrected chi connectivity index (χ0v) is 17.4. The van der Waals surface area contributed by atoms with E-state index in [0.717, 1.165) is 36.5 Å². The van der Waals surface area contributed by atoms with Gasteiger partial charge in [-0.1, -0.05) is 23.2 Å². The minimum absolute atomic E-state index is 0.0792.